The van der Waals surface area contributed by atoms with Gasteiger partial charge in [0.2, 0.25) is 11.8 Å². The molecule has 0 saturated carbocycles. The maximum Gasteiger partial charge on any atom is 0.237 e. The summed E-state index contributed by atoms with van der Waals surface area (Å²) in [5.74, 6) is -0.730. The highest BCUT2D eigenvalue weighted by Gasteiger charge is 2.15. The summed E-state index contributed by atoms with van der Waals surface area (Å²) in [4.78, 5) is 25.5. The summed E-state index contributed by atoms with van der Waals surface area (Å²) in [6, 6.07) is 7.19. The van der Waals surface area contributed by atoms with Crippen LogP contribution in [0.5, 0.6) is 0 Å². The summed E-state index contributed by atoms with van der Waals surface area (Å²) in [6.07, 6.45) is 2.42. The first-order valence-corrected chi connectivity index (χ1v) is 6.44. The molecule has 1 aromatic carbocycles. The lowest BCUT2D eigenvalue weighted by molar-refractivity contribution is -0.122. The Labute approximate surface area is 128 Å². The number of nitrogens with one attached hydrogen (secondary N) is 2. The number of H-pyrrole nitrogens is 1. The zero-order chi connectivity index (χ0) is 14.5. The number of nitrogens with two attached hydrogens (primary N) is 2. The summed E-state index contributed by atoms with van der Waals surface area (Å²) in [6.45, 7) is 0.218. The van der Waals surface area contributed by atoms with Gasteiger partial charge in [-0.1, -0.05) is 18.2 Å². The molecule has 2 aromatic rings. The van der Waals surface area contributed by atoms with E-state index in [2.05, 4.69) is 10.3 Å². The van der Waals surface area contributed by atoms with Gasteiger partial charge in [0.15, 0.2) is 0 Å². The molecule has 0 aliphatic rings. The molecule has 7 heteroatoms. The van der Waals surface area contributed by atoms with Crippen LogP contribution in [0.4, 0.5) is 0 Å². The van der Waals surface area contributed by atoms with Gasteiger partial charge in [-0.15, -0.1) is 12.4 Å². The van der Waals surface area contributed by atoms with E-state index < -0.39 is 11.9 Å². The van der Waals surface area contributed by atoms with Crippen molar-refractivity contribution in [1.82, 2.24) is 10.3 Å². The van der Waals surface area contributed by atoms with Crippen molar-refractivity contribution in [3.63, 3.8) is 0 Å². The van der Waals surface area contributed by atoms with Gasteiger partial charge in [0, 0.05) is 30.1 Å². The SMILES string of the molecule is Cl.NC(=O)CCNC(=O)[C@@H](N)Cc1c[nH]c2ccccc12. The highest BCUT2D eigenvalue weighted by atomic mass is 35.5. The van der Waals surface area contributed by atoms with Crippen LogP contribution in [0, 0.1) is 0 Å². The van der Waals surface area contributed by atoms with E-state index in [1.54, 1.807) is 0 Å². The van der Waals surface area contributed by atoms with E-state index in [1.807, 2.05) is 30.5 Å². The number of aromatic amines is 1. The molecule has 0 radical (unpaired) electrons. The van der Waals surface area contributed by atoms with E-state index in [0.29, 0.717) is 6.42 Å². The molecule has 1 aromatic heterocycles. The number of amides is 2. The second kappa shape index (κ2) is 7.66. The third-order valence-electron chi connectivity index (χ3n) is 3.12. The van der Waals surface area contributed by atoms with E-state index in [4.69, 9.17) is 11.5 Å². The highest BCUT2D eigenvalue weighted by molar-refractivity contribution is 5.86. The fourth-order valence-corrected chi connectivity index (χ4v) is 2.07. The predicted octanol–water partition coefficient (Wildman–Crippen LogP) is 0.451. The van der Waals surface area contributed by atoms with Crippen LogP contribution in [0.25, 0.3) is 10.9 Å². The monoisotopic (exact) mass is 310 g/mol. The Hall–Kier alpha value is -2.05. The number of carbonyl (C=O) groups excluding carboxylic acids is 2. The molecular weight excluding hydrogens is 292 g/mol. The summed E-state index contributed by atoms with van der Waals surface area (Å²) in [7, 11) is 0. The number of hydrogen-bond donors (Lipinski definition) is 4. The first kappa shape index (κ1) is 17.0. The van der Waals surface area contributed by atoms with E-state index >= 15 is 0 Å². The second-order valence-electron chi connectivity index (χ2n) is 4.68. The number of halogens is 1. The number of carbonyl (C=O) groups is 2. The quantitative estimate of drug-likeness (QED) is 0.621. The molecule has 0 aliphatic carbocycles. The molecule has 0 unspecified atom stereocenters. The van der Waals surface area contributed by atoms with Crippen molar-refractivity contribution in [3.05, 3.63) is 36.0 Å². The highest BCUT2D eigenvalue weighted by Crippen LogP contribution is 2.18. The van der Waals surface area contributed by atoms with Crippen LogP contribution in [0.2, 0.25) is 0 Å². The summed E-state index contributed by atoms with van der Waals surface area (Å²) < 4.78 is 0. The molecule has 6 nitrogen and oxygen atoms in total. The van der Waals surface area contributed by atoms with Crippen molar-refractivity contribution in [1.29, 1.82) is 0 Å². The Bertz CT molecular complexity index is 626. The molecule has 0 spiro atoms. The van der Waals surface area contributed by atoms with E-state index in [0.717, 1.165) is 16.5 Å². The van der Waals surface area contributed by atoms with Gasteiger partial charge in [0.1, 0.15) is 0 Å². The van der Waals surface area contributed by atoms with Gasteiger partial charge in [-0.2, -0.15) is 0 Å². The Balaban J connectivity index is 0.00000220. The van der Waals surface area contributed by atoms with Gasteiger partial charge in [-0.25, -0.2) is 0 Å². The Kier molecular flexibility index (Phi) is 6.20. The van der Waals surface area contributed by atoms with Gasteiger partial charge in [-0.05, 0) is 18.1 Å². The number of hydrogen-bond acceptors (Lipinski definition) is 3. The Morgan fingerprint density at radius 2 is 2.00 bits per heavy atom. The van der Waals surface area contributed by atoms with Crippen molar-refractivity contribution in [3.8, 4) is 0 Å². The number of fused-ring (bicyclic) bond motifs is 1. The minimum Gasteiger partial charge on any atom is -0.370 e. The second-order valence-corrected chi connectivity index (χ2v) is 4.68. The summed E-state index contributed by atoms with van der Waals surface area (Å²) in [5, 5.41) is 3.66. The van der Waals surface area contributed by atoms with Gasteiger partial charge in [0.05, 0.1) is 6.04 Å². The summed E-state index contributed by atoms with van der Waals surface area (Å²) in [5.41, 5.74) is 12.9. The fraction of sp³-hybridized carbons (Fsp3) is 0.286. The van der Waals surface area contributed by atoms with Crippen LogP contribution < -0.4 is 16.8 Å². The number of benzene rings is 1. The molecule has 2 rings (SSSR count). The molecule has 21 heavy (non-hydrogen) atoms. The first-order valence-electron chi connectivity index (χ1n) is 6.44. The van der Waals surface area contributed by atoms with Crippen LogP contribution in [0.3, 0.4) is 0 Å². The first-order chi connectivity index (χ1) is 9.58. The van der Waals surface area contributed by atoms with Crippen molar-refractivity contribution in [2.45, 2.75) is 18.9 Å². The largest absolute Gasteiger partial charge is 0.370 e. The van der Waals surface area contributed by atoms with Gasteiger partial charge < -0.3 is 21.8 Å². The summed E-state index contributed by atoms with van der Waals surface area (Å²) >= 11 is 0. The average Bonchev–Trinajstić information content (AvgIpc) is 2.81. The van der Waals surface area contributed by atoms with Crippen LogP contribution in [-0.2, 0) is 16.0 Å². The van der Waals surface area contributed by atoms with Crippen molar-refractivity contribution >= 4 is 35.1 Å². The minimum absolute atomic E-state index is 0. The van der Waals surface area contributed by atoms with Crippen molar-refractivity contribution < 1.29 is 9.59 Å². The Morgan fingerprint density at radius 3 is 2.71 bits per heavy atom. The smallest absolute Gasteiger partial charge is 0.237 e. The normalized spacial score (nSPS) is 11.7. The van der Waals surface area contributed by atoms with Crippen LogP contribution in [0.15, 0.2) is 30.5 Å². The standard InChI is InChI=1S/C14H18N4O2.ClH/c15-11(14(20)17-6-5-13(16)19)7-9-8-18-12-4-2-1-3-10(9)12;/h1-4,8,11,18H,5-7,15H2,(H2,16,19)(H,17,20);1H/t11-;/m0./s1. The molecule has 6 N–H and O–H groups in total. The van der Waals surface area contributed by atoms with Gasteiger partial charge in [-0.3, -0.25) is 9.59 Å². The zero-order valence-corrected chi connectivity index (χ0v) is 12.3. The Morgan fingerprint density at radius 1 is 1.29 bits per heavy atom. The number of aromatic nitrogens is 1. The van der Waals surface area contributed by atoms with E-state index in [9.17, 15) is 9.59 Å². The number of para-hydroxylation sites is 1. The molecule has 0 fully saturated rings. The topological polar surface area (TPSA) is 114 Å². The molecule has 0 saturated heterocycles. The number of rotatable bonds is 6. The molecule has 2 amide bonds. The van der Waals surface area contributed by atoms with Crippen molar-refractivity contribution in [2.24, 2.45) is 11.5 Å². The maximum absolute atomic E-state index is 11.8. The molecule has 0 aliphatic heterocycles. The van der Waals surface area contributed by atoms with Crippen LogP contribution in [-0.4, -0.2) is 29.4 Å². The lowest BCUT2D eigenvalue weighted by atomic mass is 10.1. The lowest BCUT2D eigenvalue weighted by Gasteiger charge is -2.11. The molecular formula is C14H19ClN4O2. The van der Waals surface area contributed by atoms with Gasteiger partial charge >= 0.3 is 0 Å². The molecule has 0 bridgehead atoms. The van der Waals surface area contributed by atoms with Crippen LogP contribution in [0.1, 0.15) is 12.0 Å². The van der Waals surface area contributed by atoms with E-state index in [-0.39, 0.29) is 31.3 Å². The van der Waals surface area contributed by atoms with E-state index in [1.165, 1.54) is 0 Å². The third-order valence-corrected chi connectivity index (χ3v) is 3.12. The van der Waals surface area contributed by atoms with Crippen LogP contribution >= 0.6 is 12.4 Å². The average molecular weight is 311 g/mol. The predicted molar refractivity (Wildman–Crippen MR) is 84.0 cm³/mol. The third kappa shape index (κ3) is 4.47. The molecule has 1 heterocycles. The molecule has 114 valence electrons. The maximum atomic E-state index is 11.8. The fourth-order valence-electron chi connectivity index (χ4n) is 2.07. The molecule has 1 atom stereocenters. The van der Waals surface area contributed by atoms with Crippen molar-refractivity contribution in [2.75, 3.05) is 6.54 Å². The lowest BCUT2D eigenvalue weighted by Crippen LogP contribution is -2.42. The zero-order valence-electron chi connectivity index (χ0n) is 11.5. The number of primary amides is 1. The van der Waals surface area contributed by atoms with Gasteiger partial charge in [0.25, 0.3) is 0 Å². The minimum atomic E-state index is -0.651.